The van der Waals surface area contributed by atoms with Crippen molar-refractivity contribution in [3.63, 3.8) is 0 Å². The number of rotatable bonds is 6. The lowest BCUT2D eigenvalue weighted by atomic mass is 9.98. The van der Waals surface area contributed by atoms with Crippen molar-refractivity contribution in [2.24, 2.45) is 11.0 Å². The van der Waals surface area contributed by atoms with E-state index < -0.39 is 0 Å². The van der Waals surface area contributed by atoms with Crippen LogP contribution in [0.5, 0.6) is 11.5 Å². The Bertz CT molecular complexity index is 1510. The lowest BCUT2D eigenvalue weighted by Crippen LogP contribution is -2.37. The number of ether oxygens (including phenoxy) is 3. The fraction of sp³-hybridized carbons (Fsp3) is 0.321. The van der Waals surface area contributed by atoms with E-state index in [9.17, 15) is 0 Å². The second kappa shape index (κ2) is 9.54. The van der Waals surface area contributed by atoms with Crippen LogP contribution in [0.15, 0.2) is 58.2 Å². The van der Waals surface area contributed by atoms with Crippen LogP contribution in [0, 0.1) is 17.2 Å². The standard InChI is InChI=1S/C28H27N5O4/c1-34-21-10-24(36-17-19-4-3-9-32(15-19)20-7-5-18(14-29)6-8-20)22-12-26(37-25(22)11-21)23-16-33-27(30-23)13-28(31-33)35-2/h5-8,10-12,16,19H,3-4,9,13,15,17H2,1-2H3/t19-/m1/s1. The lowest BCUT2D eigenvalue weighted by Gasteiger charge is -2.34. The maximum absolute atomic E-state index is 9.07. The van der Waals surface area contributed by atoms with Crippen LogP contribution in [-0.2, 0) is 11.2 Å². The summed E-state index contributed by atoms with van der Waals surface area (Å²) < 4.78 is 25.0. The molecule has 2 aromatic heterocycles. The Morgan fingerprint density at radius 3 is 2.76 bits per heavy atom. The van der Waals surface area contributed by atoms with Crippen LogP contribution in [-0.4, -0.2) is 49.5 Å². The molecule has 2 aromatic carbocycles. The normalized spacial score (nSPS) is 16.8. The molecule has 0 radical (unpaired) electrons. The quantitative estimate of drug-likeness (QED) is 0.376. The molecule has 2 aliphatic heterocycles. The lowest BCUT2D eigenvalue weighted by molar-refractivity contribution is 0.230. The van der Waals surface area contributed by atoms with Crippen molar-refractivity contribution in [1.29, 1.82) is 5.26 Å². The second-order valence-corrected chi connectivity index (χ2v) is 9.33. The minimum absolute atomic E-state index is 0.376. The number of hydrogen-bond acceptors (Lipinski definition) is 8. The minimum Gasteiger partial charge on any atom is -0.496 e. The van der Waals surface area contributed by atoms with Crippen molar-refractivity contribution in [2.45, 2.75) is 19.3 Å². The SMILES string of the molecule is COC1=Nn2cc(-c3cc4c(OC[C@@H]5CCCN(c6ccc(C#N)cc6)C5)cc(OC)cc4o3)nc2C1. The molecule has 4 heterocycles. The maximum Gasteiger partial charge on any atom is 0.214 e. The number of nitrogens with zero attached hydrogens (tertiary/aromatic N) is 5. The highest BCUT2D eigenvalue weighted by atomic mass is 16.5. The van der Waals surface area contributed by atoms with E-state index in [-0.39, 0.29) is 0 Å². The average molecular weight is 498 g/mol. The van der Waals surface area contributed by atoms with Crippen LogP contribution < -0.4 is 14.4 Å². The predicted molar refractivity (Wildman–Crippen MR) is 139 cm³/mol. The van der Waals surface area contributed by atoms with Crippen molar-refractivity contribution in [1.82, 2.24) is 9.66 Å². The smallest absolute Gasteiger partial charge is 0.214 e. The number of benzene rings is 2. The van der Waals surface area contributed by atoms with Crippen LogP contribution in [0.25, 0.3) is 22.4 Å². The van der Waals surface area contributed by atoms with Crippen LogP contribution in [0.2, 0.25) is 0 Å². The topological polar surface area (TPSA) is 98.0 Å². The second-order valence-electron chi connectivity index (χ2n) is 9.33. The van der Waals surface area contributed by atoms with Crippen molar-refractivity contribution in [3.8, 4) is 29.0 Å². The highest BCUT2D eigenvalue weighted by Gasteiger charge is 2.24. The van der Waals surface area contributed by atoms with Gasteiger partial charge < -0.3 is 23.5 Å². The molecule has 9 heteroatoms. The van der Waals surface area contributed by atoms with E-state index in [1.165, 1.54) is 0 Å². The molecule has 188 valence electrons. The van der Waals surface area contributed by atoms with Crippen molar-refractivity contribution in [2.75, 3.05) is 38.8 Å². The molecule has 0 saturated carbocycles. The Morgan fingerprint density at radius 2 is 2.00 bits per heavy atom. The fourth-order valence-corrected chi connectivity index (χ4v) is 4.98. The largest absolute Gasteiger partial charge is 0.496 e. The molecule has 0 amide bonds. The molecule has 0 unspecified atom stereocenters. The van der Waals surface area contributed by atoms with Crippen molar-refractivity contribution in [3.05, 3.63) is 60.0 Å². The van der Waals surface area contributed by atoms with Gasteiger partial charge in [-0.3, -0.25) is 0 Å². The number of piperidine rings is 1. The number of hydrogen-bond donors (Lipinski definition) is 0. The molecule has 2 aliphatic rings. The summed E-state index contributed by atoms with van der Waals surface area (Å²) in [6, 6.07) is 15.7. The third-order valence-electron chi connectivity index (χ3n) is 6.94. The molecule has 1 fully saturated rings. The van der Waals surface area contributed by atoms with Gasteiger partial charge in [-0.05, 0) is 43.2 Å². The van der Waals surface area contributed by atoms with Crippen molar-refractivity contribution < 1.29 is 18.6 Å². The van der Waals surface area contributed by atoms with Crippen molar-refractivity contribution >= 4 is 22.6 Å². The van der Waals surface area contributed by atoms with Gasteiger partial charge in [-0.1, -0.05) is 0 Å². The van der Waals surface area contributed by atoms with E-state index >= 15 is 0 Å². The fourth-order valence-electron chi connectivity index (χ4n) is 4.98. The number of imidazole rings is 1. The van der Waals surface area contributed by atoms with Crippen LogP contribution in [0.1, 0.15) is 24.2 Å². The van der Waals surface area contributed by atoms with E-state index in [4.69, 9.17) is 23.9 Å². The third kappa shape index (κ3) is 4.47. The van der Waals surface area contributed by atoms with E-state index in [1.54, 1.807) is 18.9 Å². The number of fused-ring (bicyclic) bond motifs is 2. The molecule has 0 bridgehead atoms. The number of furan rings is 1. The molecule has 37 heavy (non-hydrogen) atoms. The van der Waals surface area contributed by atoms with Gasteiger partial charge >= 0.3 is 0 Å². The average Bonchev–Trinajstić information content (AvgIpc) is 3.65. The van der Waals surface area contributed by atoms with Gasteiger partial charge in [-0.15, -0.1) is 5.10 Å². The zero-order valence-corrected chi connectivity index (χ0v) is 20.8. The molecule has 0 N–H and O–H groups in total. The summed E-state index contributed by atoms with van der Waals surface area (Å²) in [6.07, 6.45) is 4.59. The summed E-state index contributed by atoms with van der Waals surface area (Å²) in [6.45, 7) is 2.49. The Balaban J connectivity index is 1.21. The molecular formula is C28H27N5O4. The van der Waals surface area contributed by atoms with Gasteiger partial charge in [0.05, 0.1) is 50.5 Å². The first kappa shape index (κ1) is 23.0. The summed E-state index contributed by atoms with van der Waals surface area (Å²) >= 11 is 0. The molecule has 1 atom stereocenters. The molecule has 0 aliphatic carbocycles. The van der Waals surface area contributed by atoms with Gasteiger partial charge in [-0.2, -0.15) is 5.26 Å². The molecule has 1 saturated heterocycles. The van der Waals surface area contributed by atoms with E-state index in [0.29, 0.717) is 53.2 Å². The first-order valence-corrected chi connectivity index (χ1v) is 12.3. The maximum atomic E-state index is 9.07. The minimum atomic E-state index is 0.376. The molecule has 0 spiro atoms. The summed E-state index contributed by atoms with van der Waals surface area (Å²) in [7, 11) is 3.24. The predicted octanol–water partition coefficient (Wildman–Crippen LogP) is 4.84. The Kier molecular flexibility index (Phi) is 5.93. The van der Waals surface area contributed by atoms with E-state index in [0.717, 1.165) is 48.6 Å². The zero-order valence-electron chi connectivity index (χ0n) is 20.8. The first-order valence-electron chi connectivity index (χ1n) is 12.3. The Morgan fingerprint density at radius 1 is 1.14 bits per heavy atom. The highest BCUT2D eigenvalue weighted by molar-refractivity contribution is 5.89. The van der Waals surface area contributed by atoms with Gasteiger partial charge in [0, 0.05) is 36.8 Å². The summed E-state index contributed by atoms with van der Waals surface area (Å²) in [5.41, 5.74) is 3.21. The zero-order chi connectivity index (χ0) is 25.4. The molecule has 9 nitrogen and oxygen atoms in total. The molecule has 4 aromatic rings. The van der Waals surface area contributed by atoms with Crippen LogP contribution >= 0.6 is 0 Å². The number of anilines is 1. The number of nitriles is 1. The number of methoxy groups -OCH3 is 2. The monoisotopic (exact) mass is 497 g/mol. The van der Waals surface area contributed by atoms with E-state index in [1.807, 2.05) is 48.7 Å². The van der Waals surface area contributed by atoms with E-state index in [2.05, 4.69) is 21.1 Å². The van der Waals surface area contributed by atoms with Gasteiger partial charge in [0.15, 0.2) is 5.76 Å². The Labute approximate surface area is 214 Å². The molecular weight excluding hydrogens is 470 g/mol. The first-order chi connectivity index (χ1) is 18.1. The summed E-state index contributed by atoms with van der Waals surface area (Å²) in [5.74, 6) is 3.87. The summed E-state index contributed by atoms with van der Waals surface area (Å²) in [5, 5.41) is 14.3. The Hall–Kier alpha value is -4.45. The van der Waals surface area contributed by atoms with Gasteiger partial charge in [0.2, 0.25) is 5.90 Å². The highest BCUT2D eigenvalue weighted by Crippen LogP contribution is 2.37. The molecule has 6 rings (SSSR count). The van der Waals surface area contributed by atoms with Gasteiger partial charge in [0.1, 0.15) is 28.6 Å². The summed E-state index contributed by atoms with van der Waals surface area (Å²) in [4.78, 5) is 7.04. The van der Waals surface area contributed by atoms with Gasteiger partial charge in [-0.25, -0.2) is 9.66 Å². The van der Waals surface area contributed by atoms with Crippen LogP contribution in [0.4, 0.5) is 5.69 Å². The van der Waals surface area contributed by atoms with Crippen LogP contribution in [0.3, 0.4) is 0 Å². The third-order valence-corrected chi connectivity index (χ3v) is 6.94. The van der Waals surface area contributed by atoms with Gasteiger partial charge in [0.25, 0.3) is 0 Å². The number of aromatic nitrogens is 2.